The minimum atomic E-state index is -0.0874. The van der Waals surface area contributed by atoms with E-state index in [-0.39, 0.29) is 12.8 Å². The highest BCUT2D eigenvalue weighted by atomic mass is 16.7. The fourth-order valence-corrected chi connectivity index (χ4v) is 5.77. The Morgan fingerprint density at radius 1 is 0.816 bits per heavy atom. The van der Waals surface area contributed by atoms with Gasteiger partial charge in [-0.15, -0.1) is 0 Å². The van der Waals surface area contributed by atoms with Crippen molar-refractivity contribution in [2.45, 2.75) is 12.6 Å². The number of anilines is 1. The van der Waals surface area contributed by atoms with Crippen LogP contribution in [0.3, 0.4) is 0 Å². The average Bonchev–Trinajstić information content (AvgIpc) is 3.43. The van der Waals surface area contributed by atoms with Gasteiger partial charge in [0.2, 0.25) is 6.79 Å². The van der Waals surface area contributed by atoms with Gasteiger partial charge in [-0.3, -0.25) is 0 Å². The Labute approximate surface area is 221 Å². The normalized spacial score (nSPS) is 15.2. The second-order valence-electron chi connectivity index (χ2n) is 9.64. The lowest BCUT2D eigenvalue weighted by atomic mass is 9.83. The molecule has 5 aromatic rings. The number of rotatable bonds is 5. The van der Waals surface area contributed by atoms with Crippen molar-refractivity contribution in [3.8, 4) is 34.1 Å². The summed E-state index contributed by atoms with van der Waals surface area (Å²) in [5.41, 5.74) is 6.82. The van der Waals surface area contributed by atoms with Crippen LogP contribution in [0, 0.1) is 0 Å². The maximum absolute atomic E-state index is 6.59. The number of hydrogen-bond acceptors (Lipinski definition) is 5. The van der Waals surface area contributed by atoms with Crippen LogP contribution in [0.2, 0.25) is 0 Å². The van der Waals surface area contributed by atoms with Crippen LogP contribution in [0.25, 0.3) is 21.9 Å². The highest BCUT2D eigenvalue weighted by Crippen LogP contribution is 2.55. The van der Waals surface area contributed by atoms with Gasteiger partial charge in [-0.1, -0.05) is 72.8 Å². The van der Waals surface area contributed by atoms with E-state index >= 15 is 0 Å². The first-order valence-electron chi connectivity index (χ1n) is 12.7. The first-order valence-corrected chi connectivity index (χ1v) is 12.7. The summed E-state index contributed by atoms with van der Waals surface area (Å²) >= 11 is 0. The summed E-state index contributed by atoms with van der Waals surface area (Å²) < 4.78 is 23.9. The zero-order valence-electron chi connectivity index (χ0n) is 21.3. The summed E-state index contributed by atoms with van der Waals surface area (Å²) in [5, 5.41) is 2.24. The molecule has 5 heteroatoms. The summed E-state index contributed by atoms with van der Waals surface area (Å²) in [6, 6.07) is 33.4. The molecule has 1 atom stereocenters. The zero-order valence-corrected chi connectivity index (χ0v) is 21.3. The molecular formula is C33H27NO4. The van der Waals surface area contributed by atoms with E-state index in [0.29, 0.717) is 6.61 Å². The first-order chi connectivity index (χ1) is 18.7. The molecule has 2 heterocycles. The highest BCUT2D eigenvalue weighted by molar-refractivity contribution is 6.06. The van der Waals surface area contributed by atoms with Crippen molar-refractivity contribution < 1.29 is 18.9 Å². The van der Waals surface area contributed by atoms with Crippen LogP contribution in [0.1, 0.15) is 22.7 Å². The SMILES string of the molecule is COc1ccc2c(c1OCc1ccccc1)C(c1ccccc1)N(C)c1c-2ccc2cc3c(cc12)OCO3. The summed E-state index contributed by atoms with van der Waals surface area (Å²) in [7, 11) is 3.86. The Hall–Kier alpha value is -4.64. The average molecular weight is 502 g/mol. The van der Waals surface area contributed by atoms with Gasteiger partial charge < -0.3 is 23.8 Å². The molecule has 0 radical (unpaired) electrons. The Morgan fingerprint density at radius 2 is 1.53 bits per heavy atom. The van der Waals surface area contributed by atoms with Crippen molar-refractivity contribution in [1.29, 1.82) is 0 Å². The van der Waals surface area contributed by atoms with Gasteiger partial charge in [-0.2, -0.15) is 0 Å². The van der Waals surface area contributed by atoms with Gasteiger partial charge in [0.05, 0.1) is 18.8 Å². The lowest BCUT2D eigenvalue weighted by Gasteiger charge is -2.40. The predicted octanol–water partition coefficient (Wildman–Crippen LogP) is 7.36. The third kappa shape index (κ3) is 3.54. The van der Waals surface area contributed by atoms with Crippen LogP contribution in [0.4, 0.5) is 5.69 Å². The zero-order chi connectivity index (χ0) is 25.6. The number of nitrogens with zero attached hydrogens (tertiary/aromatic N) is 1. The van der Waals surface area contributed by atoms with Crippen LogP contribution in [-0.4, -0.2) is 21.0 Å². The Balaban J connectivity index is 1.48. The Morgan fingerprint density at radius 3 is 2.29 bits per heavy atom. The largest absolute Gasteiger partial charge is 0.493 e. The van der Waals surface area contributed by atoms with Crippen molar-refractivity contribution in [3.63, 3.8) is 0 Å². The smallest absolute Gasteiger partial charge is 0.231 e. The van der Waals surface area contributed by atoms with E-state index in [1.807, 2.05) is 24.3 Å². The fraction of sp³-hybridized carbons (Fsp3) is 0.152. The summed E-state index contributed by atoms with van der Waals surface area (Å²) in [4.78, 5) is 2.35. The molecule has 0 saturated heterocycles. The van der Waals surface area contributed by atoms with Gasteiger partial charge in [0, 0.05) is 23.6 Å². The van der Waals surface area contributed by atoms with Gasteiger partial charge in [0.1, 0.15) is 6.61 Å². The van der Waals surface area contributed by atoms with Crippen molar-refractivity contribution >= 4 is 16.5 Å². The van der Waals surface area contributed by atoms with E-state index < -0.39 is 0 Å². The molecule has 1 unspecified atom stereocenters. The summed E-state index contributed by atoms with van der Waals surface area (Å²) in [5.74, 6) is 3.06. The van der Waals surface area contributed by atoms with Gasteiger partial charge >= 0.3 is 0 Å². The highest BCUT2D eigenvalue weighted by Gasteiger charge is 2.36. The molecule has 0 spiro atoms. The molecule has 5 aromatic carbocycles. The van der Waals surface area contributed by atoms with Crippen LogP contribution in [-0.2, 0) is 6.61 Å². The molecule has 5 nitrogen and oxygen atoms in total. The van der Waals surface area contributed by atoms with Crippen molar-refractivity contribution in [2.75, 3.05) is 25.9 Å². The number of fused-ring (bicyclic) bond motifs is 6. The van der Waals surface area contributed by atoms with Crippen molar-refractivity contribution in [1.82, 2.24) is 0 Å². The van der Waals surface area contributed by atoms with Crippen LogP contribution in [0.5, 0.6) is 23.0 Å². The molecule has 188 valence electrons. The Kier molecular flexibility index (Phi) is 5.36. The molecule has 7 rings (SSSR count). The quantitative estimate of drug-likeness (QED) is 0.252. The lowest BCUT2D eigenvalue weighted by Crippen LogP contribution is -2.30. The summed E-state index contributed by atoms with van der Waals surface area (Å²) in [6.07, 6.45) is 0. The van der Waals surface area contributed by atoms with Crippen LogP contribution < -0.4 is 23.8 Å². The molecule has 0 amide bonds. The van der Waals surface area contributed by atoms with Crippen LogP contribution in [0.15, 0.2) is 97.1 Å². The molecule has 0 N–H and O–H groups in total. The molecule has 0 aliphatic carbocycles. The van der Waals surface area contributed by atoms with Gasteiger partial charge in [0.15, 0.2) is 23.0 Å². The predicted molar refractivity (Wildman–Crippen MR) is 150 cm³/mol. The number of ether oxygens (including phenoxy) is 4. The second kappa shape index (κ2) is 9.03. The van der Waals surface area contributed by atoms with E-state index in [0.717, 1.165) is 61.7 Å². The number of benzene rings is 5. The maximum atomic E-state index is 6.59. The molecule has 0 saturated carbocycles. The fourth-order valence-electron chi connectivity index (χ4n) is 5.77. The van der Waals surface area contributed by atoms with Crippen molar-refractivity contribution in [2.24, 2.45) is 0 Å². The van der Waals surface area contributed by atoms with Gasteiger partial charge in [-0.25, -0.2) is 0 Å². The third-order valence-corrected chi connectivity index (χ3v) is 7.51. The maximum Gasteiger partial charge on any atom is 0.231 e. The van der Waals surface area contributed by atoms with Gasteiger partial charge in [0.25, 0.3) is 0 Å². The Bertz CT molecular complexity index is 1650. The van der Waals surface area contributed by atoms with E-state index in [4.69, 9.17) is 18.9 Å². The van der Waals surface area contributed by atoms with Crippen molar-refractivity contribution in [3.05, 3.63) is 114 Å². The minimum absolute atomic E-state index is 0.0874. The standard InChI is InChI=1S/C33H27NO4/c1-34-31(22-11-7-4-8-12-22)30-24(15-16-27(35-2)33(30)36-19-21-9-5-3-6-10-21)25-14-13-23-17-28-29(38-20-37-28)18-26(23)32(25)34/h3-18,31H,19-20H2,1-2H3. The third-order valence-electron chi connectivity index (χ3n) is 7.51. The van der Waals surface area contributed by atoms with Crippen LogP contribution >= 0.6 is 0 Å². The topological polar surface area (TPSA) is 40.2 Å². The van der Waals surface area contributed by atoms with Gasteiger partial charge in [-0.05, 0) is 46.3 Å². The molecule has 0 bridgehead atoms. The lowest BCUT2D eigenvalue weighted by molar-refractivity contribution is 0.174. The molecule has 0 fully saturated rings. The van der Waals surface area contributed by atoms with E-state index in [1.54, 1.807) is 7.11 Å². The van der Waals surface area contributed by atoms with E-state index in [1.165, 1.54) is 5.56 Å². The minimum Gasteiger partial charge on any atom is -0.493 e. The first kappa shape index (κ1) is 22.5. The molecular weight excluding hydrogens is 474 g/mol. The van der Waals surface area contributed by atoms with E-state index in [2.05, 4.69) is 84.7 Å². The van der Waals surface area contributed by atoms with E-state index in [9.17, 15) is 0 Å². The number of hydrogen-bond donors (Lipinski definition) is 0. The molecule has 2 aliphatic heterocycles. The second-order valence-corrected chi connectivity index (χ2v) is 9.64. The molecule has 38 heavy (non-hydrogen) atoms. The molecule has 2 aliphatic rings. The number of methoxy groups -OCH3 is 1. The molecule has 0 aromatic heterocycles. The monoisotopic (exact) mass is 501 g/mol. The summed E-state index contributed by atoms with van der Waals surface area (Å²) in [6.45, 7) is 0.702.